The number of benzene rings is 2. The van der Waals surface area contributed by atoms with Crippen molar-refractivity contribution in [1.82, 2.24) is 0 Å². The van der Waals surface area contributed by atoms with Crippen LogP contribution in [0.15, 0.2) is 48.5 Å². The van der Waals surface area contributed by atoms with Crippen molar-refractivity contribution in [2.75, 3.05) is 11.9 Å². The third kappa shape index (κ3) is 7.50. The number of anilines is 1. The molecule has 0 atom stereocenters. The maximum absolute atomic E-state index is 12.1. The van der Waals surface area contributed by atoms with Gasteiger partial charge >= 0.3 is 12.3 Å². The minimum atomic E-state index is -4.80. The second kappa shape index (κ2) is 9.48. The Labute approximate surface area is 167 Å². The van der Waals surface area contributed by atoms with Gasteiger partial charge in [-0.25, -0.2) is 4.79 Å². The van der Waals surface area contributed by atoms with Gasteiger partial charge in [0.1, 0.15) is 5.75 Å². The number of amides is 1. The number of alkyl halides is 3. The van der Waals surface area contributed by atoms with Gasteiger partial charge in [-0.15, -0.1) is 13.2 Å². The fourth-order valence-corrected chi connectivity index (χ4v) is 2.39. The number of ether oxygens (including phenoxy) is 2. The van der Waals surface area contributed by atoms with Crippen molar-refractivity contribution >= 4 is 46.8 Å². The zero-order chi connectivity index (χ0) is 20.7. The Balaban J connectivity index is 1.81. The molecule has 0 saturated carbocycles. The maximum atomic E-state index is 12.1. The zero-order valence-electron chi connectivity index (χ0n) is 13.9. The van der Waals surface area contributed by atoms with Crippen LogP contribution in [-0.2, 0) is 14.3 Å². The lowest BCUT2D eigenvalue weighted by Gasteiger charge is -2.10. The fraction of sp³-hybridized carbons (Fsp3) is 0.111. The second-order valence-corrected chi connectivity index (χ2v) is 6.07. The Kier molecular flexibility index (Phi) is 7.31. The van der Waals surface area contributed by atoms with Crippen molar-refractivity contribution in [3.63, 3.8) is 0 Å². The summed E-state index contributed by atoms with van der Waals surface area (Å²) in [6.07, 6.45) is -2.31. The van der Waals surface area contributed by atoms with Gasteiger partial charge in [0, 0.05) is 21.8 Å². The number of esters is 1. The van der Waals surface area contributed by atoms with Crippen molar-refractivity contribution in [3.05, 3.63) is 64.1 Å². The number of carbonyl (C=O) groups excluding carboxylic acids is 2. The average Bonchev–Trinajstić information content (AvgIpc) is 2.59. The van der Waals surface area contributed by atoms with E-state index in [1.165, 1.54) is 24.3 Å². The lowest BCUT2D eigenvalue weighted by Crippen LogP contribution is -2.20. The van der Waals surface area contributed by atoms with E-state index < -0.39 is 30.6 Å². The van der Waals surface area contributed by atoms with Gasteiger partial charge in [-0.05, 0) is 48.0 Å². The minimum Gasteiger partial charge on any atom is -0.452 e. The van der Waals surface area contributed by atoms with Gasteiger partial charge in [0.2, 0.25) is 0 Å². The van der Waals surface area contributed by atoms with Crippen LogP contribution in [0, 0.1) is 0 Å². The van der Waals surface area contributed by atoms with E-state index in [4.69, 9.17) is 27.9 Å². The molecule has 1 N–H and O–H groups in total. The minimum absolute atomic E-state index is 0.207. The first-order valence-electron chi connectivity index (χ1n) is 7.58. The Morgan fingerprint density at radius 2 is 1.75 bits per heavy atom. The topological polar surface area (TPSA) is 64.6 Å². The van der Waals surface area contributed by atoms with E-state index in [1.54, 1.807) is 12.1 Å². The maximum Gasteiger partial charge on any atom is 0.573 e. The SMILES string of the molecule is O=C(COC(=O)C=Cc1ccc(Cl)cc1Cl)Nc1ccc(OC(F)(F)F)cc1. The van der Waals surface area contributed by atoms with Gasteiger partial charge in [0.25, 0.3) is 5.91 Å². The van der Waals surface area contributed by atoms with Gasteiger partial charge in [-0.1, -0.05) is 29.3 Å². The lowest BCUT2D eigenvalue weighted by molar-refractivity contribution is -0.274. The highest BCUT2D eigenvalue weighted by Crippen LogP contribution is 2.24. The number of nitrogens with one attached hydrogen (secondary N) is 1. The van der Waals surface area contributed by atoms with E-state index in [0.717, 1.165) is 18.2 Å². The van der Waals surface area contributed by atoms with Gasteiger partial charge in [-0.3, -0.25) is 4.79 Å². The highest BCUT2D eigenvalue weighted by Gasteiger charge is 2.30. The van der Waals surface area contributed by atoms with Crippen LogP contribution in [0.3, 0.4) is 0 Å². The quantitative estimate of drug-likeness (QED) is 0.509. The summed E-state index contributed by atoms with van der Waals surface area (Å²) in [6, 6.07) is 9.20. The molecule has 0 spiro atoms. The first-order chi connectivity index (χ1) is 13.1. The number of rotatable bonds is 6. The van der Waals surface area contributed by atoms with Crippen molar-refractivity contribution in [2.24, 2.45) is 0 Å². The van der Waals surface area contributed by atoms with E-state index in [-0.39, 0.29) is 5.69 Å². The molecule has 0 saturated heterocycles. The summed E-state index contributed by atoms with van der Waals surface area (Å²) < 4.78 is 44.7. The molecule has 0 aromatic heterocycles. The Bertz CT molecular complexity index is 883. The molecule has 2 rings (SSSR count). The van der Waals surface area contributed by atoms with Gasteiger partial charge in [0.05, 0.1) is 0 Å². The summed E-state index contributed by atoms with van der Waals surface area (Å²) in [5, 5.41) is 3.15. The summed E-state index contributed by atoms with van der Waals surface area (Å²) in [5.74, 6) is -1.88. The van der Waals surface area contributed by atoms with Crippen molar-refractivity contribution in [3.8, 4) is 5.75 Å². The largest absolute Gasteiger partial charge is 0.573 e. The molecule has 0 radical (unpaired) electrons. The average molecular weight is 434 g/mol. The van der Waals surface area contributed by atoms with E-state index >= 15 is 0 Å². The molecule has 2 aromatic rings. The van der Waals surface area contributed by atoms with Gasteiger partial charge < -0.3 is 14.8 Å². The predicted molar refractivity (Wildman–Crippen MR) is 98.2 cm³/mol. The van der Waals surface area contributed by atoms with E-state index in [9.17, 15) is 22.8 Å². The van der Waals surface area contributed by atoms with Crippen LogP contribution in [0.5, 0.6) is 5.75 Å². The van der Waals surface area contributed by atoms with Crippen LogP contribution < -0.4 is 10.1 Å². The van der Waals surface area contributed by atoms with E-state index in [0.29, 0.717) is 15.6 Å². The van der Waals surface area contributed by atoms with Crippen molar-refractivity contribution in [1.29, 1.82) is 0 Å². The molecular weight excluding hydrogens is 422 g/mol. The normalized spacial score (nSPS) is 11.3. The molecule has 2 aromatic carbocycles. The van der Waals surface area contributed by atoms with Crippen molar-refractivity contribution in [2.45, 2.75) is 6.36 Å². The molecule has 0 aliphatic rings. The standard InChI is InChI=1S/C18H12Cl2F3NO4/c19-12-3-1-11(15(20)9-12)2-8-17(26)27-10-16(25)24-13-4-6-14(7-5-13)28-18(21,22)23/h1-9H,10H2,(H,24,25). The molecule has 0 unspecified atom stereocenters. The van der Waals surface area contributed by atoms with Gasteiger partial charge in [0.15, 0.2) is 6.61 Å². The number of halogens is 5. The van der Waals surface area contributed by atoms with Crippen molar-refractivity contribution < 1.29 is 32.2 Å². The summed E-state index contributed by atoms with van der Waals surface area (Å²) in [4.78, 5) is 23.4. The molecule has 148 valence electrons. The molecule has 0 fully saturated rings. The second-order valence-electron chi connectivity index (χ2n) is 5.23. The number of hydrogen-bond acceptors (Lipinski definition) is 4. The molecule has 10 heteroatoms. The summed E-state index contributed by atoms with van der Waals surface area (Å²) in [6.45, 7) is -0.585. The third-order valence-corrected chi connectivity index (χ3v) is 3.64. The predicted octanol–water partition coefficient (Wildman–Crippen LogP) is 5.09. The first-order valence-corrected chi connectivity index (χ1v) is 8.33. The van der Waals surface area contributed by atoms with Gasteiger partial charge in [-0.2, -0.15) is 0 Å². The van der Waals surface area contributed by atoms with Crippen LogP contribution in [-0.4, -0.2) is 24.8 Å². The van der Waals surface area contributed by atoms with Crippen LogP contribution in [0.1, 0.15) is 5.56 Å². The molecule has 0 aliphatic carbocycles. The van der Waals surface area contributed by atoms with Crippen LogP contribution in [0.2, 0.25) is 10.0 Å². The highest BCUT2D eigenvalue weighted by molar-refractivity contribution is 6.35. The fourth-order valence-electron chi connectivity index (χ4n) is 1.92. The smallest absolute Gasteiger partial charge is 0.452 e. The van der Waals surface area contributed by atoms with E-state index in [2.05, 4.69) is 10.1 Å². The summed E-state index contributed by atoms with van der Waals surface area (Å²) >= 11 is 11.7. The Morgan fingerprint density at radius 1 is 1.07 bits per heavy atom. The summed E-state index contributed by atoms with van der Waals surface area (Å²) in [5.41, 5.74) is 0.743. The lowest BCUT2D eigenvalue weighted by atomic mass is 10.2. The summed E-state index contributed by atoms with van der Waals surface area (Å²) in [7, 11) is 0. The monoisotopic (exact) mass is 433 g/mol. The van der Waals surface area contributed by atoms with E-state index in [1.807, 2.05) is 0 Å². The zero-order valence-corrected chi connectivity index (χ0v) is 15.4. The number of carbonyl (C=O) groups is 2. The van der Waals surface area contributed by atoms with Crippen LogP contribution in [0.25, 0.3) is 6.08 Å². The highest BCUT2D eigenvalue weighted by atomic mass is 35.5. The first kappa shape index (κ1) is 21.6. The molecule has 28 heavy (non-hydrogen) atoms. The molecule has 5 nitrogen and oxygen atoms in total. The molecule has 0 bridgehead atoms. The molecule has 0 aliphatic heterocycles. The molecular formula is C18H12Cl2F3NO4. The molecule has 0 heterocycles. The van der Waals surface area contributed by atoms with Crippen LogP contribution in [0.4, 0.5) is 18.9 Å². The Morgan fingerprint density at radius 3 is 2.36 bits per heavy atom. The number of hydrogen-bond donors (Lipinski definition) is 1. The molecule has 1 amide bonds. The Hall–Kier alpha value is -2.71. The van der Waals surface area contributed by atoms with Crippen LogP contribution >= 0.6 is 23.2 Å². The third-order valence-electron chi connectivity index (χ3n) is 3.08.